The van der Waals surface area contributed by atoms with Gasteiger partial charge in [-0.1, -0.05) is 23.2 Å². The molecule has 0 radical (unpaired) electrons. The number of carbonyl (C=O) groups excluding carboxylic acids is 1. The van der Waals surface area contributed by atoms with E-state index in [1.165, 1.54) is 12.1 Å². The summed E-state index contributed by atoms with van der Waals surface area (Å²) in [5, 5.41) is 13.4. The second kappa shape index (κ2) is 11.4. The van der Waals surface area contributed by atoms with Gasteiger partial charge in [-0.2, -0.15) is 5.10 Å². The van der Waals surface area contributed by atoms with E-state index in [1.807, 2.05) is 10.9 Å². The van der Waals surface area contributed by atoms with Crippen LogP contribution in [-0.4, -0.2) is 49.7 Å². The van der Waals surface area contributed by atoms with E-state index in [0.29, 0.717) is 37.2 Å². The lowest BCUT2D eigenvalue weighted by Gasteiger charge is -2.32. The van der Waals surface area contributed by atoms with E-state index in [1.54, 1.807) is 30.3 Å². The highest BCUT2D eigenvalue weighted by Crippen LogP contribution is 2.37. The highest BCUT2D eigenvalue weighted by Gasteiger charge is 2.25. The lowest BCUT2D eigenvalue weighted by Crippen LogP contribution is -2.39. The third-order valence-electron chi connectivity index (χ3n) is 6.35. The second-order valence-electron chi connectivity index (χ2n) is 8.84. The molecule has 1 aromatic carbocycles. The van der Waals surface area contributed by atoms with Crippen LogP contribution in [0.25, 0.3) is 11.1 Å². The molecule has 2 aromatic heterocycles. The van der Waals surface area contributed by atoms with E-state index in [9.17, 15) is 14.0 Å². The van der Waals surface area contributed by atoms with Crippen molar-refractivity contribution in [1.82, 2.24) is 19.7 Å². The minimum Gasteiger partial charge on any atom is -0.482 e. The fraction of sp³-hybridized carbons (Fsp3) is 0.360. The number of carboxylic acids is 1. The van der Waals surface area contributed by atoms with E-state index >= 15 is 0 Å². The molecule has 3 N–H and O–H groups in total. The maximum atomic E-state index is 14.0. The third kappa shape index (κ3) is 6.14. The van der Waals surface area contributed by atoms with Crippen molar-refractivity contribution in [3.8, 4) is 16.9 Å². The van der Waals surface area contributed by atoms with Crippen LogP contribution >= 0.6 is 23.2 Å². The number of nitrogens with zero attached hydrogens (tertiary/aromatic N) is 4. The summed E-state index contributed by atoms with van der Waals surface area (Å²) in [5.41, 5.74) is 7.87. The molecule has 37 heavy (non-hydrogen) atoms. The largest absolute Gasteiger partial charge is 0.482 e. The smallest absolute Gasteiger partial charge is 0.303 e. The van der Waals surface area contributed by atoms with Gasteiger partial charge < -0.3 is 20.5 Å². The van der Waals surface area contributed by atoms with Crippen molar-refractivity contribution in [1.29, 1.82) is 0 Å². The van der Waals surface area contributed by atoms with Crippen LogP contribution in [0.15, 0.2) is 36.8 Å². The van der Waals surface area contributed by atoms with Crippen molar-refractivity contribution in [3.05, 3.63) is 58.2 Å². The molecule has 0 spiro atoms. The Labute approximate surface area is 222 Å². The van der Waals surface area contributed by atoms with Gasteiger partial charge in [0.25, 0.3) is 0 Å². The number of ether oxygens (including phenoxy) is 1. The molecule has 196 valence electrons. The molecule has 1 atom stereocenters. The molecule has 1 unspecified atom stereocenters. The number of nitrogens with two attached hydrogens (primary N) is 1. The van der Waals surface area contributed by atoms with Crippen LogP contribution in [0.4, 0.5) is 10.2 Å². The van der Waals surface area contributed by atoms with Crippen molar-refractivity contribution in [3.63, 3.8) is 0 Å². The Bertz CT molecular complexity index is 1310. The van der Waals surface area contributed by atoms with Gasteiger partial charge in [0.05, 0.1) is 23.7 Å². The molecule has 0 bridgehead atoms. The van der Waals surface area contributed by atoms with Crippen LogP contribution < -0.4 is 10.5 Å². The molecule has 4 rings (SSSR count). The first-order valence-corrected chi connectivity index (χ1v) is 12.5. The minimum absolute atomic E-state index is 0.0106. The predicted molar refractivity (Wildman–Crippen MR) is 137 cm³/mol. The van der Waals surface area contributed by atoms with Gasteiger partial charge in [0.15, 0.2) is 11.6 Å². The quantitative estimate of drug-likeness (QED) is 0.372. The second-order valence-corrected chi connectivity index (χ2v) is 9.62. The van der Waals surface area contributed by atoms with Gasteiger partial charge in [-0.3, -0.25) is 14.3 Å². The van der Waals surface area contributed by atoms with Gasteiger partial charge >= 0.3 is 5.97 Å². The molecule has 1 amide bonds. The first-order chi connectivity index (χ1) is 17.6. The van der Waals surface area contributed by atoms with E-state index in [4.69, 9.17) is 38.8 Å². The average Bonchev–Trinajstić information content (AvgIpc) is 3.37. The summed E-state index contributed by atoms with van der Waals surface area (Å²) in [6, 6.07) is 4.44. The molecule has 0 saturated carbocycles. The van der Waals surface area contributed by atoms with Crippen LogP contribution in [0.3, 0.4) is 0 Å². The summed E-state index contributed by atoms with van der Waals surface area (Å²) in [7, 11) is 0. The summed E-state index contributed by atoms with van der Waals surface area (Å²) in [4.78, 5) is 28.8. The maximum absolute atomic E-state index is 14.0. The van der Waals surface area contributed by atoms with Gasteiger partial charge in [-0.15, -0.1) is 0 Å². The number of hydrogen-bond donors (Lipinski definition) is 2. The molecule has 3 aromatic rings. The molecule has 0 aliphatic carbocycles. The number of aliphatic carboxylic acids is 1. The van der Waals surface area contributed by atoms with Crippen LogP contribution in [-0.2, 0) is 9.59 Å². The normalized spacial score (nSPS) is 15.0. The van der Waals surface area contributed by atoms with E-state index in [-0.39, 0.29) is 40.7 Å². The lowest BCUT2D eigenvalue weighted by molar-refractivity contribution is -0.141. The first-order valence-electron chi connectivity index (χ1n) is 11.7. The van der Waals surface area contributed by atoms with Crippen molar-refractivity contribution >= 4 is 40.9 Å². The fourth-order valence-electron chi connectivity index (χ4n) is 4.31. The van der Waals surface area contributed by atoms with Gasteiger partial charge in [0, 0.05) is 53.6 Å². The number of nitrogen functional groups attached to an aromatic ring is 1. The van der Waals surface area contributed by atoms with E-state index in [0.717, 1.165) is 11.1 Å². The Morgan fingerprint density at radius 2 is 1.95 bits per heavy atom. The van der Waals surface area contributed by atoms with Crippen molar-refractivity contribution in [2.45, 2.75) is 44.8 Å². The number of benzene rings is 1. The highest BCUT2D eigenvalue weighted by molar-refractivity contribution is 6.36. The molecule has 1 saturated heterocycles. The number of aromatic nitrogens is 3. The maximum Gasteiger partial charge on any atom is 0.303 e. The third-order valence-corrected chi connectivity index (χ3v) is 7.06. The zero-order valence-electron chi connectivity index (χ0n) is 20.0. The van der Waals surface area contributed by atoms with E-state index in [2.05, 4.69) is 10.1 Å². The monoisotopic (exact) mass is 549 g/mol. The summed E-state index contributed by atoms with van der Waals surface area (Å²) >= 11 is 12.3. The number of hydrogen-bond acceptors (Lipinski definition) is 6. The summed E-state index contributed by atoms with van der Waals surface area (Å²) < 4.78 is 21.8. The molecular formula is C25H26Cl2FN5O4. The Hall–Kier alpha value is -3.37. The number of amides is 1. The molecule has 1 aliphatic rings. The van der Waals surface area contributed by atoms with Crippen molar-refractivity contribution in [2.24, 2.45) is 0 Å². The summed E-state index contributed by atoms with van der Waals surface area (Å²) in [6.07, 6.45) is 5.79. The van der Waals surface area contributed by atoms with Gasteiger partial charge in [-0.25, -0.2) is 9.37 Å². The van der Waals surface area contributed by atoms with Crippen molar-refractivity contribution < 1.29 is 23.8 Å². The van der Waals surface area contributed by atoms with E-state index < -0.39 is 17.9 Å². The average molecular weight is 550 g/mol. The molecular weight excluding hydrogens is 524 g/mol. The lowest BCUT2D eigenvalue weighted by atomic mass is 10.0. The number of likely N-dealkylation sites (tertiary alicyclic amines) is 1. The number of halogens is 3. The van der Waals surface area contributed by atoms with Gasteiger partial charge in [0.1, 0.15) is 11.9 Å². The number of rotatable bonds is 8. The SMILES string of the molecule is CC(Oc1cc(-c2cnn(C3CCN(C(=O)CCC(=O)O)CC3)c2)cnc1N)c1c(Cl)ccc(F)c1Cl. The standard InChI is InChI=1S/C25H26Cl2FN5O4/c1-14(23-18(26)2-3-19(28)24(23)27)37-20-10-15(11-30-25(20)29)16-12-31-33(13-16)17-6-8-32(9-7-17)21(34)4-5-22(35)36/h2-3,10-14,17H,4-9H2,1H3,(H2,29,30)(H,35,36). The zero-order chi connectivity index (χ0) is 26.7. The number of pyridine rings is 1. The Kier molecular flexibility index (Phi) is 8.19. The van der Waals surface area contributed by atoms with Gasteiger partial charge in [0.2, 0.25) is 5.91 Å². The Morgan fingerprint density at radius 1 is 1.22 bits per heavy atom. The zero-order valence-corrected chi connectivity index (χ0v) is 21.5. The highest BCUT2D eigenvalue weighted by atomic mass is 35.5. The molecule has 9 nitrogen and oxygen atoms in total. The van der Waals surface area contributed by atoms with Crippen LogP contribution in [0, 0.1) is 5.82 Å². The van der Waals surface area contributed by atoms with Gasteiger partial charge in [-0.05, 0) is 38.0 Å². The topological polar surface area (TPSA) is 124 Å². The fourth-order valence-corrected chi connectivity index (χ4v) is 4.99. The first kappa shape index (κ1) is 26.7. The number of carbonyl (C=O) groups is 2. The molecule has 12 heteroatoms. The Balaban J connectivity index is 1.44. The van der Waals surface area contributed by atoms with Crippen molar-refractivity contribution in [2.75, 3.05) is 18.8 Å². The number of anilines is 1. The predicted octanol–water partition coefficient (Wildman–Crippen LogP) is 5.14. The number of piperidine rings is 1. The minimum atomic E-state index is -0.978. The summed E-state index contributed by atoms with van der Waals surface area (Å²) in [5.74, 6) is -1.26. The Morgan fingerprint density at radius 3 is 2.65 bits per heavy atom. The molecule has 1 fully saturated rings. The molecule has 3 heterocycles. The van der Waals surface area contributed by atoms with Crippen LogP contribution in [0.2, 0.25) is 10.0 Å². The van der Waals surface area contributed by atoms with Crippen LogP contribution in [0.1, 0.15) is 50.3 Å². The van der Waals surface area contributed by atoms with Crippen LogP contribution in [0.5, 0.6) is 5.75 Å². The molecule has 1 aliphatic heterocycles. The number of carboxylic acid groups (broad SMARTS) is 1. The summed E-state index contributed by atoms with van der Waals surface area (Å²) in [6.45, 7) is 2.78.